The number of imidazole rings is 1. The van der Waals surface area contributed by atoms with Gasteiger partial charge < -0.3 is 16.4 Å². The van der Waals surface area contributed by atoms with Gasteiger partial charge in [-0.2, -0.15) is 0 Å². The molecule has 1 saturated carbocycles. The van der Waals surface area contributed by atoms with Crippen LogP contribution in [-0.4, -0.2) is 26.3 Å². The molecule has 1 fully saturated rings. The van der Waals surface area contributed by atoms with Gasteiger partial charge in [-0.15, -0.1) is 11.3 Å². The normalized spacial score (nSPS) is 13.4. The topological polar surface area (TPSA) is 97.3 Å². The van der Waals surface area contributed by atoms with Crippen molar-refractivity contribution in [2.24, 2.45) is 0 Å². The number of halogens is 1. The summed E-state index contributed by atoms with van der Waals surface area (Å²) in [6.07, 6.45) is 3.86. The summed E-state index contributed by atoms with van der Waals surface area (Å²) in [6.45, 7) is 0.646. The summed E-state index contributed by atoms with van der Waals surface area (Å²) in [7, 11) is 0. The summed E-state index contributed by atoms with van der Waals surface area (Å²) >= 11 is 8.23. The maximum Gasteiger partial charge on any atom is 0.253 e. The molecule has 5 aromatic rings. The van der Waals surface area contributed by atoms with E-state index in [9.17, 15) is 4.79 Å². The lowest BCUT2D eigenvalue weighted by Crippen LogP contribution is -2.25. The van der Waals surface area contributed by atoms with Crippen molar-refractivity contribution in [3.05, 3.63) is 75.6 Å². The maximum absolute atomic E-state index is 12.5. The first-order valence-electron chi connectivity index (χ1n) is 11.0. The molecule has 4 N–H and O–H groups in total. The van der Waals surface area contributed by atoms with Gasteiger partial charge in [0.05, 0.1) is 40.1 Å². The molecule has 0 bridgehead atoms. The molecule has 0 unspecified atom stereocenters. The molecule has 3 heterocycles. The predicted molar refractivity (Wildman–Crippen MR) is 137 cm³/mol. The first kappa shape index (κ1) is 20.9. The number of nitrogens with zero attached hydrogens (tertiary/aromatic N) is 3. The summed E-state index contributed by atoms with van der Waals surface area (Å²) < 4.78 is 2.05. The maximum atomic E-state index is 12.5. The molecule has 0 saturated heterocycles. The third-order valence-corrected chi connectivity index (χ3v) is 7.07. The average Bonchev–Trinajstić information content (AvgIpc) is 3.30. The van der Waals surface area contributed by atoms with Crippen LogP contribution in [-0.2, 0) is 6.54 Å². The van der Waals surface area contributed by atoms with Gasteiger partial charge in [-0.3, -0.25) is 9.20 Å². The number of thiophene rings is 1. The summed E-state index contributed by atoms with van der Waals surface area (Å²) in [5.74, 6) is 0.534. The van der Waals surface area contributed by atoms with Gasteiger partial charge in [-0.25, -0.2) is 9.97 Å². The molecular weight excluding hydrogens is 468 g/mol. The molecule has 1 amide bonds. The Bertz CT molecular complexity index is 1540. The van der Waals surface area contributed by atoms with Gasteiger partial charge in [0.15, 0.2) is 11.5 Å². The van der Waals surface area contributed by atoms with Gasteiger partial charge in [-0.1, -0.05) is 23.7 Å². The van der Waals surface area contributed by atoms with E-state index in [1.807, 2.05) is 46.2 Å². The number of benzene rings is 2. The molecule has 0 atom stereocenters. The van der Waals surface area contributed by atoms with Crippen molar-refractivity contribution >= 4 is 57.0 Å². The number of nitrogens with one attached hydrogen (secondary N) is 2. The highest BCUT2D eigenvalue weighted by Gasteiger charge is 2.25. The second-order valence-corrected chi connectivity index (χ2v) is 9.83. The van der Waals surface area contributed by atoms with Gasteiger partial charge in [0.1, 0.15) is 0 Å². The van der Waals surface area contributed by atoms with Crippen LogP contribution in [0.5, 0.6) is 0 Å². The molecule has 1 aliphatic carbocycles. The Morgan fingerprint density at radius 1 is 1.21 bits per heavy atom. The van der Waals surface area contributed by atoms with Crippen LogP contribution in [0.25, 0.3) is 27.9 Å². The molecule has 7 nitrogen and oxygen atoms in total. The molecule has 3 aromatic heterocycles. The summed E-state index contributed by atoms with van der Waals surface area (Å²) in [4.78, 5) is 23.2. The van der Waals surface area contributed by atoms with E-state index in [0.717, 1.165) is 35.1 Å². The largest absolute Gasteiger partial charge is 0.399 e. The highest BCUT2D eigenvalue weighted by atomic mass is 35.5. The molecule has 0 aliphatic heterocycles. The lowest BCUT2D eigenvalue weighted by Gasteiger charge is -2.12. The van der Waals surface area contributed by atoms with E-state index in [4.69, 9.17) is 27.3 Å². The van der Waals surface area contributed by atoms with Crippen molar-refractivity contribution in [2.45, 2.75) is 25.4 Å². The first-order chi connectivity index (χ1) is 16.6. The van der Waals surface area contributed by atoms with Crippen LogP contribution in [0.1, 0.15) is 28.1 Å². The Balaban J connectivity index is 1.45. The first-order valence-corrected chi connectivity index (χ1v) is 12.3. The molecule has 0 spiro atoms. The van der Waals surface area contributed by atoms with Crippen molar-refractivity contribution in [2.75, 3.05) is 11.1 Å². The van der Waals surface area contributed by atoms with Crippen LogP contribution >= 0.6 is 22.9 Å². The fourth-order valence-corrected chi connectivity index (χ4v) is 4.92. The monoisotopic (exact) mass is 488 g/mol. The minimum absolute atomic E-state index is 0.137. The third-order valence-electron chi connectivity index (χ3n) is 5.88. The number of hydrogen-bond donors (Lipinski definition) is 3. The van der Waals surface area contributed by atoms with Crippen LogP contribution in [0.2, 0.25) is 5.02 Å². The molecule has 6 rings (SSSR count). The number of rotatable bonds is 6. The fourth-order valence-electron chi connectivity index (χ4n) is 4.01. The highest BCUT2D eigenvalue weighted by molar-refractivity contribution is 7.09. The smallest absolute Gasteiger partial charge is 0.253 e. The Morgan fingerprint density at radius 3 is 2.85 bits per heavy atom. The van der Waals surface area contributed by atoms with Crippen LogP contribution in [0, 0.1) is 0 Å². The van der Waals surface area contributed by atoms with E-state index in [1.54, 1.807) is 23.6 Å². The zero-order chi connectivity index (χ0) is 23.2. The summed E-state index contributed by atoms with van der Waals surface area (Å²) in [5.41, 5.74) is 11.2. The van der Waals surface area contributed by atoms with E-state index in [2.05, 4.69) is 16.7 Å². The lowest BCUT2D eigenvalue weighted by molar-refractivity contribution is 0.0951. The van der Waals surface area contributed by atoms with E-state index >= 15 is 0 Å². The van der Waals surface area contributed by atoms with E-state index in [-0.39, 0.29) is 11.9 Å². The van der Waals surface area contributed by atoms with Crippen molar-refractivity contribution in [3.63, 3.8) is 0 Å². The number of fused-ring (bicyclic) bond motifs is 3. The Labute approximate surface area is 204 Å². The van der Waals surface area contributed by atoms with Gasteiger partial charge >= 0.3 is 0 Å². The zero-order valence-corrected chi connectivity index (χ0v) is 19.7. The number of nitrogen functional groups attached to an aromatic ring is 1. The van der Waals surface area contributed by atoms with Gasteiger partial charge in [0.2, 0.25) is 0 Å². The Kier molecular flexibility index (Phi) is 5.12. The van der Waals surface area contributed by atoms with Crippen LogP contribution < -0.4 is 16.4 Å². The predicted octanol–water partition coefficient (Wildman–Crippen LogP) is 5.35. The number of carbonyl (C=O) groups is 1. The molecule has 34 heavy (non-hydrogen) atoms. The number of amides is 1. The Morgan fingerprint density at radius 2 is 2.09 bits per heavy atom. The van der Waals surface area contributed by atoms with Gasteiger partial charge in [0.25, 0.3) is 5.91 Å². The van der Waals surface area contributed by atoms with Crippen molar-refractivity contribution in [1.82, 2.24) is 19.7 Å². The molecule has 1 aliphatic rings. The number of nitrogens with two attached hydrogens (primary N) is 1. The van der Waals surface area contributed by atoms with E-state index in [0.29, 0.717) is 34.3 Å². The van der Waals surface area contributed by atoms with E-state index < -0.39 is 0 Å². The van der Waals surface area contributed by atoms with Crippen LogP contribution in [0.3, 0.4) is 0 Å². The molecular formula is C25H21ClN6OS. The third kappa shape index (κ3) is 3.85. The zero-order valence-electron chi connectivity index (χ0n) is 18.1. The minimum atomic E-state index is -0.137. The van der Waals surface area contributed by atoms with Crippen molar-refractivity contribution < 1.29 is 4.79 Å². The van der Waals surface area contributed by atoms with E-state index in [1.165, 1.54) is 4.88 Å². The Hall–Kier alpha value is -3.62. The fraction of sp³-hybridized carbons (Fsp3) is 0.160. The number of hydrogen-bond acceptors (Lipinski definition) is 6. The number of carbonyl (C=O) groups excluding carboxylic acids is 1. The molecule has 9 heteroatoms. The average molecular weight is 489 g/mol. The lowest BCUT2D eigenvalue weighted by atomic mass is 10.1. The van der Waals surface area contributed by atoms with Gasteiger partial charge in [-0.05, 0) is 54.6 Å². The summed E-state index contributed by atoms with van der Waals surface area (Å²) in [6, 6.07) is 15.5. The second kappa shape index (κ2) is 8.30. The van der Waals surface area contributed by atoms with Gasteiger partial charge in [0, 0.05) is 22.2 Å². The highest BCUT2D eigenvalue weighted by Crippen LogP contribution is 2.32. The molecule has 2 aromatic carbocycles. The molecule has 0 radical (unpaired) electrons. The molecule has 170 valence electrons. The second-order valence-electron chi connectivity index (χ2n) is 8.39. The van der Waals surface area contributed by atoms with Crippen molar-refractivity contribution in [3.8, 4) is 11.3 Å². The quantitative estimate of drug-likeness (QED) is 0.280. The SMILES string of the molecule is Nc1ccc2c(c1)nc(NCc1cccs1)c1ncc(-c3ccc(C(=O)NC4CC4)c(Cl)c3)n12. The van der Waals surface area contributed by atoms with Crippen LogP contribution in [0.4, 0.5) is 11.5 Å². The number of aromatic nitrogens is 3. The van der Waals surface area contributed by atoms with Crippen LogP contribution in [0.15, 0.2) is 60.1 Å². The standard InChI is InChI=1S/C25H21ClN6OS/c26-19-10-14(3-7-18(19)25(33)30-16-5-6-16)22-13-29-24-23(28-12-17-2-1-9-34-17)31-20-11-15(27)4-8-21(20)32(22)24/h1-4,7-11,13,16H,5-6,12,27H2,(H,28,31)(H,30,33). The minimum Gasteiger partial charge on any atom is -0.399 e. The van der Waals surface area contributed by atoms with Crippen molar-refractivity contribution in [1.29, 1.82) is 0 Å². The summed E-state index contributed by atoms with van der Waals surface area (Å²) in [5, 5.41) is 8.87. The number of anilines is 2.